The summed E-state index contributed by atoms with van der Waals surface area (Å²) >= 11 is 0. The lowest BCUT2D eigenvalue weighted by Gasteiger charge is -2.27. The van der Waals surface area contributed by atoms with Gasteiger partial charge in [0, 0.05) is 0 Å². The Morgan fingerprint density at radius 3 is 1.84 bits per heavy atom. The number of esters is 2. The first-order chi connectivity index (χ1) is 9.15. The van der Waals surface area contributed by atoms with Crippen molar-refractivity contribution in [1.29, 1.82) is 0 Å². The molecule has 0 radical (unpaired) electrons. The third-order valence-corrected chi connectivity index (χ3v) is 3.40. The molecule has 1 aliphatic rings. The largest absolute Gasteiger partial charge is 0.465 e. The van der Waals surface area contributed by atoms with E-state index in [1.165, 1.54) is 0 Å². The van der Waals surface area contributed by atoms with Crippen LogP contribution in [0.25, 0.3) is 0 Å². The number of rotatable bonds is 7. The molecule has 19 heavy (non-hydrogen) atoms. The van der Waals surface area contributed by atoms with Crippen LogP contribution in [-0.2, 0) is 19.1 Å². The molecule has 110 valence electrons. The van der Waals surface area contributed by atoms with Gasteiger partial charge in [0.15, 0.2) is 0 Å². The summed E-state index contributed by atoms with van der Waals surface area (Å²) in [6.07, 6.45) is 3.34. The lowest BCUT2D eigenvalue weighted by molar-refractivity contribution is -0.153. The Hall–Kier alpha value is -1.10. The second kappa shape index (κ2) is 8.15. The van der Waals surface area contributed by atoms with Crippen molar-refractivity contribution in [2.45, 2.75) is 58.5 Å². The van der Waals surface area contributed by atoms with Gasteiger partial charge >= 0.3 is 11.9 Å². The molecule has 0 unspecified atom stereocenters. The molecule has 0 aliphatic carbocycles. The summed E-state index contributed by atoms with van der Waals surface area (Å²) in [5.41, 5.74) is 0. The molecule has 0 aromatic heterocycles. The summed E-state index contributed by atoms with van der Waals surface area (Å²) in [6.45, 7) is 7.18. The van der Waals surface area contributed by atoms with Crippen LogP contribution in [0.5, 0.6) is 0 Å². The third-order valence-electron chi connectivity index (χ3n) is 3.40. The quantitative estimate of drug-likeness (QED) is 0.660. The van der Waals surface area contributed by atoms with Gasteiger partial charge < -0.3 is 9.47 Å². The Morgan fingerprint density at radius 1 is 1.00 bits per heavy atom. The minimum Gasteiger partial charge on any atom is -0.465 e. The molecule has 0 amide bonds. The Labute approximate surface area is 115 Å². The van der Waals surface area contributed by atoms with Crippen molar-refractivity contribution in [3.63, 3.8) is 0 Å². The van der Waals surface area contributed by atoms with Gasteiger partial charge in [0.05, 0.1) is 13.2 Å². The van der Waals surface area contributed by atoms with Gasteiger partial charge in [-0.25, -0.2) is 0 Å². The normalized spacial score (nSPS) is 23.3. The molecule has 0 saturated carbocycles. The molecule has 0 aromatic carbocycles. The highest BCUT2D eigenvalue weighted by atomic mass is 16.5. The number of ether oxygens (including phenoxy) is 2. The molecular weight excluding hydrogens is 246 g/mol. The molecular formula is C14H25NO4. The fraction of sp³-hybridized carbons (Fsp3) is 0.857. The zero-order valence-corrected chi connectivity index (χ0v) is 12.2. The van der Waals surface area contributed by atoms with Crippen molar-refractivity contribution in [1.82, 2.24) is 4.90 Å². The summed E-state index contributed by atoms with van der Waals surface area (Å²) in [5.74, 6) is -0.434. The Bertz CT molecular complexity index is 280. The van der Waals surface area contributed by atoms with Gasteiger partial charge in [0.25, 0.3) is 0 Å². The van der Waals surface area contributed by atoms with Gasteiger partial charge in [0.1, 0.15) is 12.1 Å². The SMILES string of the molecule is CCCCN1[C@@H](C(=O)OCC)CC[C@H]1C(=O)OCC. The molecule has 1 fully saturated rings. The topological polar surface area (TPSA) is 55.8 Å². The lowest BCUT2D eigenvalue weighted by Crippen LogP contribution is -2.45. The number of likely N-dealkylation sites (tertiary alicyclic amines) is 1. The van der Waals surface area contributed by atoms with Gasteiger partial charge in [-0.3, -0.25) is 14.5 Å². The average molecular weight is 271 g/mol. The monoisotopic (exact) mass is 271 g/mol. The maximum atomic E-state index is 11.9. The zero-order chi connectivity index (χ0) is 14.3. The highest BCUT2D eigenvalue weighted by molar-refractivity contribution is 5.81. The summed E-state index contributed by atoms with van der Waals surface area (Å²) in [4.78, 5) is 25.8. The van der Waals surface area contributed by atoms with Crippen LogP contribution in [0.4, 0.5) is 0 Å². The van der Waals surface area contributed by atoms with E-state index in [1.807, 2.05) is 4.90 Å². The van der Waals surface area contributed by atoms with Crippen LogP contribution in [0.1, 0.15) is 46.5 Å². The smallest absolute Gasteiger partial charge is 0.323 e. The molecule has 1 heterocycles. The van der Waals surface area contributed by atoms with Crippen LogP contribution in [0, 0.1) is 0 Å². The average Bonchev–Trinajstić information content (AvgIpc) is 2.80. The van der Waals surface area contributed by atoms with E-state index in [-0.39, 0.29) is 24.0 Å². The highest BCUT2D eigenvalue weighted by Crippen LogP contribution is 2.26. The zero-order valence-electron chi connectivity index (χ0n) is 12.2. The molecule has 0 N–H and O–H groups in total. The number of nitrogens with zero attached hydrogens (tertiary/aromatic N) is 1. The van der Waals surface area contributed by atoms with E-state index >= 15 is 0 Å². The predicted octanol–water partition coefficient (Wildman–Crippen LogP) is 1.75. The van der Waals surface area contributed by atoms with Gasteiger partial charge in [-0.15, -0.1) is 0 Å². The second-order valence-corrected chi connectivity index (χ2v) is 4.70. The standard InChI is InChI=1S/C14H25NO4/c1-4-7-10-15-11(13(16)18-5-2)8-9-12(15)14(17)19-6-3/h11-12H,4-10H2,1-3H3/t11-,12+. The van der Waals surface area contributed by atoms with Crippen LogP contribution >= 0.6 is 0 Å². The maximum Gasteiger partial charge on any atom is 0.323 e. The number of carbonyl (C=O) groups is 2. The van der Waals surface area contributed by atoms with Gasteiger partial charge in [-0.1, -0.05) is 13.3 Å². The second-order valence-electron chi connectivity index (χ2n) is 4.70. The van der Waals surface area contributed by atoms with Crippen LogP contribution in [0.3, 0.4) is 0 Å². The van der Waals surface area contributed by atoms with Crippen molar-refractivity contribution >= 4 is 11.9 Å². The van der Waals surface area contributed by atoms with Crippen molar-refractivity contribution in [3.8, 4) is 0 Å². The van der Waals surface area contributed by atoms with Gasteiger partial charge in [-0.2, -0.15) is 0 Å². The third kappa shape index (κ3) is 4.20. The van der Waals surface area contributed by atoms with E-state index in [0.717, 1.165) is 19.4 Å². The first-order valence-electron chi connectivity index (χ1n) is 7.24. The van der Waals surface area contributed by atoms with E-state index in [0.29, 0.717) is 26.1 Å². The van der Waals surface area contributed by atoms with Crippen molar-refractivity contribution < 1.29 is 19.1 Å². The van der Waals surface area contributed by atoms with Gasteiger partial charge in [0.2, 0.25) is 0 Å². The van der Waals surface area contributed by atoms with Crippen LogP contribution in [0.15, 0.2) is 0 Å². The van der Waals surface area contributed by atoms with Crippen LogP contribution in [-0.4, -0.2) is 48.7 Å². The fourth-order valence-corrected chi connectivity index (χ4v) is 2.50. The Balaban J connectivity index is 2.72. The molecule has 0 spiro atoms. The molecule has 5 nitrogen and oxygen atoms in total. The Kier molecular flexibility index (Phi) is 6.84. The van der Waals surface area contributed by atoms with Crippen LogP contribution < -0.4 is 0 Å². The van der Waals surface area contributed by atoms with E-state index in [1.54, 1.807) is 13.8 Å². The molecule has 0 aromatic rings. The van der Waals surface area contributed by atoms with Gasteiger partial charge in [-0.05, 0) is 39.7 Å². The molecule has 1 aliphatic heterocycles. The first kappa shape index (κ1) is 16.0. The lowest BCUT2D eigenvalue weighted by atomic mass is 10.2. The number of unbranched alkanes of at least 4 members (excludes halogenated alkanes) is 1. The molecule has 1 saturated heterocycles. The predicted molar refractivity (Wildman–Crippen MR) is 71.7 cm³/mol. The van der Waals surface area contributed by atoms with Crippen molar-refractivity contribution in [2.24, 2.45) is 0 Å². The van der Waals surface area contributed by atoms with Crippen LogP contribution in [0.2, 0.25) is 0 Å². The summed E-state index contributed by atoms with van der Waals surface area (Å²) in [6, 6.07) is -0.582. The molecule has 5 heteroatoms. The van der Waals surface area contributed by atoms with E-state index in [9.17, 15) is 9.59 Å². The van der Waals surface area contributed by atoms with E-state index < -0.39 is 0 Å². The molecule has 1 rings (SSSR count). The summed E-state index contributed by atoms with van der Waals surface area (Å²) in [7, 11) is 0. The number of carbonyl (C=O) groups excluding carboxylic acids is 2. The first-order valence-corrected chi connectivity index (χ1v) is 7.24. The van der Waals surface area contributed by atoms with Crippen molar-refractivity contribution in [2.75, 3.05) is 19.8 Å². The maximum absolute atomic E-state index is 11.9. The van der Waals surface area contributed by atoms with Crippen molar-refractivity contribution in [3.05, 3.63) is 0 Å². The fourth-order valence-electron chi connectivity index (χ4n) is 2.50. The minimum absolute atomic E-state index is 0.217. The van der Waals surface area contributed by atoms with E-state index in [2.05, 4.69) is 6.92 Å². The number of hydrogen-bond donors (Lipinski definition) is 0. The summed E-state index contributed by atoms with van der Waals surface area (Å²) < 4.78 is 10.2. The Morgan fingerprint density at radius 2 is 1.47 bits per heavy atom. The minimum atomic E-state index is -0.291. The molecule has 2 atom stereocenters. The molecule has 0 bridgehead atoms. The number of hydrogen-bond acceptors (Lipinski definition) is 5. The highest BCUT2D eigenvalue weighted by Gasteiger charge is 2.42. The van der Waals surface area contributed by atoms with E-state index in [4.69, 9.17) is 9.47 Å². The summed E-state index contributed by atoms with van der Waals surface area (Å²) in [5, 5.41) is 0.